The molecule has 192 valence electrons. The molecular formula is C28H39N7O. The van der Waals surface area contributed by atoms with Gasteiger partial charge in [0.15, 0.2) is 5.65 Å². The van der Waals surface area contributed by atoms with E-state index in [9.17, 15) is 0 Å². The fourth-order valence-electron chi connectivity index (χ4n) is 7.79. The maximum atomic E-state index is 5.65. The number of ether oxygens (including phenoxy) is 1. The highest BCUT2D eigenvalue weighted by Gasteiger charge is 2.51. The van der Waals surface area contributed by atoms with E-state index in [1.807, 2.05) is 17.9 Å². The standard InChI is InChI=1S/C28H39N7O/c1-20-16-25(22-17-29-32(3)26(22)30-20)33-11-4-24-23(18-33)21(2)31-35(24)19-27-5-8-28(9-6-27,10-7-27)34-12-14-36-15-13-34/h16-17H,4-15,18-19H2,1-3H3. The summed E-state index contributed by atoms with van der Waals surface area (Å²) in [6.07, 6.45) is 11.1. The van der Waals surface area contributed by atoms with E-state index in [1.165, 1.54) is 61.2 Å². The van der Waals surface area contributed by atoms with Gasteiger partial charge in [-0.2, -0.15) is 10.2 Å². The normalized spacial score (nSPS) is 28.7. The van der Waals surface area contributed by atoms with Crippen LogP contribution in [0, 0.1) is 19.3 Å². The molecule has 0 amide bonds. The van der Waals surface area contributed by atoms with Gasteiger partial charge in [0.2, 0.25) is 0 Å². The molecule has 0 radical (unpaired) electrons. The minimum Gasteiger partial charge on any atom is -0.379 e. The van der Waals surface area contributed by atoms with Gasteiger partial charge in [-0.1, -0.05) is 0 Å². The Morgan fingerprint density at radius 2 is 1.75 bits per heavy atom. The first kappa shape index (κ1) is 22.7. The van der Waals surface area contributed by atoms with Gasteiger partial charge in [0, 0.05) is 68.7 Å². The van der Waals surface area contributed by atoms with Crippen LogP contribution in [0.3, 0.4) is 0 Å². The van der Waals surface area contributed by atoms with Crippen molar-refractivity contribution in [2.24, 2.45) is 12.5 Å². The van der Waals surface area contributed by atoms with Crippen molar-refractivity contribution in [3.63, 3.8) is 0 Å². The molecule has 8 rings (SSSR count). The van der Waals surface area contributed by atoms with E-state index in [4.69, 9.17) is 14.8 Å². The molecule has 8 heteroatoms. The van der Waals surface area contributed by atoms with Crippen LogP contribution in [-0.2, 0) is 31.3 Å². The third-order valence-corrected chi connectivity index (χ3v) is 10.0. The second-order valence-corrected chi connectivity index (χ2v) is 12.0. The largest absolute Gasteiger partial charge is 0.379 e. The molecule has 3 aromatic rings. The van der Waals surface area contributed by atoms with Crippen LogP contribution >= 0.6 is 0 Å². The van der Waals surface area contributed by atoms with Gasteiger partial charge in [-0.3, -0.25) is 14.3 Å². The lowest BCUT2D eigenvalue weighted by atomic mass is 9.56. The third-order valence-electron chi connectivity index (χ3n) is 10.0. The number of rotatable bonds is 4. The van der Waals surface area contributed by atoms with Gasteiger partial charge in [-0.15, -0.1) is 0 Å². The molecule has 3 aromatic heterocycles. The van der Waals surface area contributed by atoms with Crippen LogP contribution in [0.4, 0.5) is 5.69 Å². The van der Waals surface area contributed by atoms with Crippen molar-refractivity contribution in [3.05, 3.63) is 34.9 Å². The number of hydrogen-bond donors (Lipinski definition) is 0. The first-order chi connectivity index (χ1) is 17.5. The zero-order chi connectivity index (χ0) is 24.5. The van der Waals surface area contributed by atoms with Gasteiger partial charge < -0.3 is 9.64 Å². The van der Waals surface area contributed by atoms with E-state index >= 15 is 0 Å². The maximum absolute atomic E-state index is 5.65. The van der Waals surface area contributed by atoms with Crippen molar-refractivity contribution in [1.82, 2.24) is 29.4 Å². The lowest BCUT2D eigenvalue weighted by molar-refractivity contribution is -0.0958. The van der Waals surface area contributed by atoms with Gasteiger partial charge in [-0.05, 0) is 63.9 Å². The van der Waals surface area contributed by atoms with E-state index in [0.29, 0.717) is 11.0 Å². The lowest BCUT2D eigenvalue weighted by Crippen LogP contribution is -2.60. The van der Waals surface area contributed by atoms with Crippen molar-refractivity contribution < 1.29 is 4.74 Å². The lowest BCUT2D eigenvalue weighted by Gasteiger charge is -2.58. The highest BCUT2D eigenvalue weighted by Crippen LogP contribution is 2.55. The first-order valence-electron chi connectivity index (χ1n) is 13.9. The molecule has 2 aliphatic heterocycles. The molecule has 4 fully saturated rings. The Hall–Kier alpha value is -2.45. The van der Waals surface area contributed by atoms with Gasteiger partial charge in [-0.25, -0.2) is 4.98 Å². The van der Waals surface area contributed by atoms with Crippen molar-refractivity contribution in [3.8, 4) is 0 Å². The number of fused-ring (bicyclic) bond motifs is 5. The van der Waals surface area contributed by atoms with Crippen molar-refractivity contribution in [1.29, 1.82) is 0 Å². The summed E-state index contributed by atoms with van der Waals surface area (Å²) < 4.78 is 9.95. The number of aryl methyl sites for hydroxylation is 3. The second kappa shape index (κ2) is 8.28. The summed E-state index contributed by atoms with van der Waals surface area (Å²) in [4.78, 5) is 10.0. The molecule has 0 aromatic carbocycles. The van der Waals surface area contributed by atoms with E-state index in [1.54, 1.807) is 0 Å². The minimum atomic E-state index is 0.432. The van der Waals surface area contributed by atoms with Crippen LogP contribution in [-0.4, -0.2) is 67.8 Å². The van der Waals surface area contributed by atoms with E-state index in [-0.39, 0.29) is 0 Å². The minimum absolute atomic E-state index is 0.432. The first-order valence-corrected chi connectivity index (χ1v) is 13.9. The van der Waals surface area contributed by atoms with Crippen LogP contribution in [0.15, 0.2) is 12.3 Å². The van der Waals surface area contributed by atoms with Crippen molar-refractivity contribution in [2.45, 2.75) is 77.4 Å². The summed E-state index contributed by atoms with van der Waals surface area (Å²) in [5.74, 6) is 0. The molecule has 5 heterocycles. The smallest absolute Gasteiger partial charge is 0.159 e. The molecule has 36 heavy (non-hydrogen) atoms. The Bertz CT molecular complexity index is 1280. The molecule has 0 unspecified atom stereocenters. The number of pyridine rings is 1. The topological polar surface area (TPSA) is 64.2 Å². The number of hydrogen-bond acceptors (Lipinski definition) is 6. The molecule has 0 spiro atoms. The predicted molar refractivity (Wildman–Crippen MR) is 140 cm³/mol. The molecule has 0 atom stereocenters. The second-order valence-electron chi connectivity index (χ2n) is 12.0. The average molecular weight is 490 g/mol. The average Bonchev–Trinajstić information content (AvgIpc) is 3.43. The number of morpholine rings is 1. The summed E-state index contributed by atoms with van der Waals surface area (Å²) in [5.41, 5.74) is 8.24. The molecule has 5 aliphatic rings. The summed E-state index contributed by atoms with van der Waals surface area (Å²) in [6.45, 7) is 11.4. The number of aromatic nitrogens is 5. The van der Waals surface area contributed by atoms with Gasteiger partial charge in [0.25, 0.3) is 0 Å². The van der Waals surface area contributed by atoms with Gasteiger partial charge in [0.1, 0.15) is 0 Å². The fourth-order valence-corrected chi connectivity index (χ4v) is 7.79. The van der Waals surface area contributed by atoms with Crippen molar-refractivity contribution in [2.75, 3.05) is 37.7 Å². The van der Waals surface area contributed by atoms with Gasteiger partial charge in [0.05, 0.1) is 36.2 Å². The molecule has 3 saturated carbocycles. The summed E-state index contributed by atoms with van der Waals surface area (Å²) >= 11 is 0. The quantitative estimate of drug-likeness (QED) is 0.556. The molecule has 1 saturated heterocycles. The SMILES string of the molecule is Cc1cc(N2CCc3c(c(C)nn3CC34CCC(N5CCOCC5)(CC3)CC4)C2)c2cnn(C)c2n1. The Labute approximate surface area is 213 Å². The summed E-state index contributed by atoms with van der Waals surface area (Å²) in [5, 5.41) is 10.8. The molecule has 0 N–H and O–H groups in total. The zero-order valence-corrected chi connectivity index (χ0v) is 22.1. The zero-order valence-electron chi connectivity index (χ0n) is 22.1. The van der Waals surface area contributed by atoms with E-state index < -0.39 is 0 Å². The van der Waals surface area contributed by atoms with Gasteiger partial charge >= 0.3 is 0 Å². The number of nitrogens with zero attached hydrogens (tertiary/aromatic N) is 7. The summed E-state index contributed by atoms with van der Waals surface area (Å²) in [6, 6.07) is 2.22. The van der Waals surface area contributed by atoms with Crippen LogP contribution in [0.5, 0.6) is 0 Å². The highest BCUT2D eigenvalue weighted by atomic mass is 16.5. The maximum Gasteiger partial charge on any atom is 0.159 e. The Kier molecular flexibility index (Phi) is 5.23. The Morgan fingerprint density at radius 3 is 2.50 bits per heavy atom. The Morgan fingerprint density at radius 1 is 1.00 bits per heavy atom. The third kappa shape index (κ3) is 3.51. The van der Waals surface area contributed by atoms with Crippen LogP contribution in [0.2, 0.25) is 0 Å². The van der Waals surface area contributed by atoms with Crippen LogP contribution in [0.1, 0.15) is 61.2 Å². The monoisotopic (exact) mass is 489 g/mol. The summed E-state index contributed by atoms with van der Waals surface area (Å²) in [7, 11) is 1.97. The van der Waals surface area contributed by atoms with E-state index in [2.05, 4.69) is 39.5 Å². The predicted octanol–water partition coefficient (Wildman–Crippen LogP) is 3.77. The van der Waals surface area contributed by atoms with Crippen LogP contribution < -0.4 is 4.90 Å². The Balaban J connectivity index is 1.11. The molecular weight excluding hydrogens is 450 g/mol. The number of anilines is 1. The van der Waals surface area contributed by atoms with E-state index in [0.717, 1.165) is 69.1 Å². The van der Waals surface area contributed by atoms with Crippen molar-refractivity contribution >= 4 is 16.7 Å². The molecule has 3 aliphatic carbocycles. The van der Waals surface area contributed by atoms with Crippen LogP contribution in [0.25, 0.3) is 11.0 Å². The molecule has 8 nitrogen and oxygen atoms in total. The fraction of sp³-hybridized carbons (Fsp3) is 0.679. The molecule has 2 bridgehead atoms. The highest BCUT2D eigenvalue weighted by molar-refractivity contribution is 5.89.